The second-order valence-corrected chi connectivity index (χ2v) is 3.39. The normalized spacial score (nSPS) is 40.0. The third kappa shape index (κ3) is 1.24. The molecule has 0 amide bonds. The lowest BCUT2D eigenvalue weighted by atomic mass is 9.89. The van der Waals surface area contributed by atoms with E-state index in [9.17, 15) is 5.11 Å². The summed E-state index contributed by atoms with van der Waals surface area (Å²) in [5, 5.41) is 9.89. The molecule has 0 aliphatic heterocycles. The predicted octanol–water partition coefficient (Wildman–Crippen LogP) is 2.11. The van der Waals surface area contributed by atoms with Crippen molar-refractivity contribution in [1.29, 1.82) is 0 Å². The van der Waals surface area contributed by atoms with E-state index < -0.39 is 5.60 Å². The van der Waals surface area contributed by atoms with Crippen LogP contribution in [0.2, 0.25) is 0 Å². The molecule has 1 unspecified atom stereocenters. The van der Waals surface area contributed by atoms with E-state index in [0.29, 0.717) is 5.92 Å². The van der Waals surface area contributed by atoms with Gasteiger partial charge in [0, 0.05) is 0 Å². The van der Waals surface area contributed by atoms with Crippen molar-refractivity contribution in [3.05, 3.63) is 12.7 Å². The molecule has 1 rings (SSSR count). The fraction of sp³-hybridized carbons (Fsp3) is 0.778. The molecule has 1 fully saturated rings. The Morgan fingerprint density at radius 1 is 1.80 bits per heavy atom. The maximum absolute atomic E-state index is 9.89. The summed E-state index contributed by atoms with van der Waals surface area (Å²) in [5.41, 5.74) is -0.415. The molecule has 0 bridgehead atoms. The monoisotopic (exact) mass is 140 g/mol. The minimum absolute atomic E-state index is 0.415. The van der Waals surface area contributed by atoms with Gasteiger partial charge >= 0.3 is 0 Å². The van der Waals surface area contributed by atoms with Crippen molar-refractivity contribution in [3.63, 3.8) is 0 Å². The number of rotatable bonds is 2. The van der Waals surface area contributed by atoms with Crippen molar-refractivity contribution >= 4 is 0 Å². The van der Waals surface area contributed by atoms with Crippen molar-refractivity contribution in [3.8, 4) is 0 Å². The first-order chi connectivity index (χ1) is 4.69. The molecular weight excluding hydrogens is 124 g/mol. The first kappa shape index (κ1) is 7.80. The molecule has 0 aromatic heterocycles. The van der Waals surface area contributed by atoms with Crippen molar-refractivity contribution in [2.75, 3.05) is 0 Å². The van der Waals surface area contributed by atoms with Gasteiger partial charge in [0.25, 0.3) is 0 Å². The van der Waals surface area contributed by atoms with Gasteiger partial charge in [-0.15, -0.1) is 6.58 Å². The summed E-state index contributed by atoms with van der Waals surface area (Å²) in [7, 11) is 0. The molecule has 1 aliphatic rings. The summed E-state index contributed by atoms with van der Waals surface area (Å²) < 4.78 is 0. The van der Waals surface area contributed by atoms with Crippen LogP contribution in [0.25, 0.3) is 0 Å². The van der Waals surface area contributed by atoms with Gasteiger partial charge in [0.2, 0.25) is 0 Å². The summed E-state index contributed by atoms with van der Waals surface area (Å²) in [4.78, 5) is 0. The Labute approximate surface area is 62.8 Å². The quantitative estimate of drug-likeness (QED) is 0.582. The first-order valence-electron chi connectivity index (χ1n) is 4.02. The largest absolute Gasteiger partial charge is 0.389 e. The molecule has 2 atom stereocenters. The smallest absolute Gasteiger partial charge is 0.0707 e. The summed E-state index contributed by atoms with van der Waals surface area (Å²) in [5.74, 6) is 0.463. The average Bonchev–Trinajstić information content (AvgIpc) is 2.15. The summed E-state index contributed by atoms with van der Waals surface area (Å²) in [6.45, 7) is 5.77. The zero-order chi connectivity index (χ0) is 7.61. The molecule has 0 aromatic carbocycles. The Balaban J connectivity index is 2.56. The van der Waals surface area contributed by atoms with E-state index in [1.165, 1.54) is 12.8 Å². The SMILES string of the molecule is C=CC[C@]1(O)CCCC1C. The zero-order valence-corrected chi connectivity index (χ0v) is 6.64. The maximum Gasteiger partial charge on any atom is 0.0707 e. The topological polar surface area (TPSA) is 20.2 Å². The van der Waals surface area contributed by atoms with E-state index in [2.05, 4.69) is 13.5 Å². The molecule has 0 saturated heterocycles. The molecule has 0 radical (unpaired) electrons. The number of hydrogen-bond donors (Lipinski definition) is 1. The van der Waals surface area contributed by atoms with Crippen LogP contribution in [-0.4, -0.2) is 10.7 Å². The van der Waals surface area contributed by atoms with Gasteiger partial charge in [0.05, 0.1) is 5.60 Å². The molecular formula is C9H16O. The fourth-order valence-electron chi connectivity index (χ4n) is 1.78. The van der Waals surface area contributed by atoms with E-state index >= 15 is 0 Å². The van der Waals surface area contributed by atoms with Crippen LogP contribution in [0.1, 0.15) is 32.6 Å². The lowest BCUT2D eigenvalue weighted by Gasteiger charge is -2.25. The highest BCUT2D eigenvalue weighted by molar-refractivity contribution is 4.94. The standard InChI is InChI=1S/C9H16O/c1-3-6-9(10)7-4-5-8(9)2/h3,8,10H,1,4-7H2,2H3/t8?,9-/m0/s1. The van der Waals surface area contributed by atoms with Gasteiger partial charge in [-0.2, -0.15) is 0 Å². The van der Waals surface area contributed by atoms with Crippen molar-refractivity contribution in [2.24, 2.45) is 5.92 Å². The molecule has 58 valence electrons. The molecule has 1 aliphatic carbocycles. The van der Waals surface area contributed by atoms with Gasteiger partial charge in [0.1, 0.15) is 0 Å². The highest BCUT2D eigenvalue weighted by Crippen LogP contribution is 2.37. The highest BCUT2D eigenvalue weighted by atomic mass is 16.3. The first-order valence-corrected chi connectivity index (χ1v) is 4.02. The van der Waals surface area contributed by atoms with Gasteiger partial charge in [0.15, 0.2) is 0 Å². The second kappa shape index (κ2) is 2.75. The van der Waals surface area contributed by atoms with Crippen molar-refractivity contribution in [1.82, 2.24) is 0 Å². The van der Waals surface area contributed by atoms with Gasteiger partial charge < -0.3 is 5.11 Å². The van der Waals surface area contributed by atoms with Crippen molar-refractivity contribution in [2.45, 2.75) is 38.2 Å². The number of hydrogen-bond acceptors (Lipinski definition) is 1. The van der Waals surface area contributed by atoms with Crippen LogP contribution in [0.4, 0.5) is 0 Å². The van der Waals surface area contributed by atoms with E-state index in [0.717, 1.165) is 12.8 Å². The van der Waals surface area contributed by atoms with Crippen LogP contribution in [0.5, 0.6) is 0 Å². The van der Waals surface area contributed by atoms with Crippen LogP contribution in [-0.2, 0) is 0 Å². The predicted molar refractivity (Wildman–Crippen MR) is 42.8 cm³/mol. The van der Waals surface area contributed by atoms with Crippen LogP contribution in [0, 0.1) is 5.92 Å². The van der Waals surface area contributed by atoms with E-state index in [1.54, 1.807) is 0 Å². The van der Waals surface area contributed by atoms with E-state index in [-0.39, 0.29) is 0 Å². The Hall–Kier alpha value is -0.300. The molecule has 1 heteroatoms. The van der Waals surface area contributed by atoms with Gasteiger partial charge in [-0.25, -0.2) is 0 Å². The Morgan fingerprint density at radius 2 is 2.50 bits per heavy atom. The third-order valence-corrected chi connectivity index (χ3v) is 2.66. The summed E-state index contributed by atoms with van der Waals surface area (Å²) in [6, 6.07) is 0. The Bertz CT molecular complexity index is 131. The van der Waals surface area contributed by atoms with Crippen molar-refractivity contribution < 1.29 is 5.11 Å². The summed E-state index contributed by atoms with van der Waals surface area (Å²) in [6.07, 6.45) is 5.88. The molecule has 10 heavy (non-hydrogen) atoms. The third-order valence-electron chi connectivity index (χ3n) is 2.66. The second-order valence-electron chi connectivity index (χ2n) is 3.39. The van der Waals surface area contributed by atoms with Crippen LogP contribution < -0.4 is 0 Å². The average molecular weight is 140 g/mol. The van der Waals surface area contributed by atoms with Gasteiger partial charge in [-0.05, 0) is 25.2 Å². The van der Waals surface area contributed by atoms with E-state index in [4.69, 9.17) is 0 Å². The van der Waals surface area contributed by atoms with Crippen LogP contribution in [0.15, 0.2) is 12.7 Å². The maximum atomic E-state index is 9.89. The zero-order valence-electron chi connectivity index (χ0n) is 6.64. The van der Waals surface area contributed by atoms with E-state index in [1.807, 2.05) is 6.08 Å². The Morgan fingerprint density at radius 3 is 2.90 bits per heavy atom. The Kier molecular flexibility index (Phi) is 2.14. The van der Waals surface area contributed by atoms with Gasteiger partial charge in [-0.1, -0.05) is 19.4 Å². The molecule has 1 saturated carbocycles. The summed E-state index contributed by atoms with van der Waals surface area (Å²) >= 11 is 0. The molecule has 1 nitrogen and oxygen atoms in total. The molecule has 0 aromatic rings. The fourth-order valence-corrected chi connectivity index (χ4v) is 1.78. The van der Waals surface area contributed by atoms with Gasteiger partial charge in [-0.3, -0.25) is 0 Å². The highest BCUT2D eigenvalue weighted by Gasteiger charge is 2.36. The molecule has 0 spiro atoms. The molecule has 0 heterocycles. The van der Waals surface area contributed by atoms with Crippen LogP contribution >= 0.6 is 0 Å². The lowest BCUT2D eigenvalue weighted by molar-refractivity contribution is 0.0123. The minimum atomic E-state index is -0.415. The molecule has 1 N–H and O–H groups in total. The van der Waals surface area contributed by atoms with Crippen LogP contribution in [0.3, 0.4) is 0 Å². The number of aliphatic hydroxyl groups is 1. The lowest BCUT2D eigenvalue weighted by Crippen LogP contribution is -2.30. The minimum Gasteiger partial charge on any atom is -0.389 e.